The zero-order valence-corrected chi connectivity index (χ0v) is 11.9. The summed E-state index contributed by atoms with van der Waals surface area (Å²) in [7, 11) is 0. The van der Waals surface area contributed by atoms with Gasteiger partial charge in [-0.15, -0.1) is 0 Å². The number of hydrogen-bond acceptors (Lipinski definition) is 2. The van der Waals surface area contributed by atoms with Crippen LogP contribution in [0.3, 0.4) is 0 Å². The Hall–Kier alpha value is -1.28. The van der Waals surface area contributed by atoms with Gasteiger partial charge in [0, 0.05) is 16.9 Å². The zero-order valence-electron chi connectivity index (χ0n) is 11.2. The molecule has 1 aliphatic rings. The number of halogens is 1. The smallest absolute Gasteiger partial charge is 0.166 e. The van der Waals surface area contributed by atoms with Crippen LogP contribution in [0.5, 0.6) is 0 Å². The number of hydrogen-bond donors (Lipinski definition) is 0. The normalized spacial score (nSPS) is 22.1. The molecule has 3 rings (SSSR count). The van der Waals surface area contributed by atoms with Gasteiger partial charge in [-0.25, -0.2) is 0 Å². The summed E-state index contributed by atoms with van der Waals surface area (Å²) in [6, 6.07) is 5.47. The first-order valence-electron chi connectivity index (χ1n) is 6.77. The minimum atomic E-state index is 0.197. The van der Waals surface area contributed by atoms with Gasteiger partial charge in [0.15, 0.2) is 11.4 Å². The lowest BCUT2D eigenvalue weighted by Gasteiger charge is -2.04. The molecule has 0 aliphatic heterocycles. The predicted molar refractivity (Wildman–Crippen MR) is 76.6 cm³/mol. The molecular formula is C16H17ClO2. The molecule has 0 bridgehead atoms. The molecule has 0 spiro atoms. The molecule has 2 atom stereocenters. The van der Waals surface area contributed by atoms with E-state index >= 15 is 0 Å². The third-order valence-corrected chi connectivity index (χ3v) is 4.10. The van der Waals surface area contributed by atoms with Crippen molar-refractivity contribution in [3.63, 3.8) is 0 Å². The second-order valence-electron chi connectivity index (χ2n) is 5.89. The summed E-state index contributed by atoms with van der Waals surface area (Å²) in [4.78, 5) is 12.4. The number of carbonyl (C=O) groups excluding carboxylic acids is 1. The lowest BCUT2D eigenvalue weighted by Crippen LogP contribution is -2.04. The lowest BCUT2D eigenvalue weighted by atomic mass is 10.0. The summed E-state index contributed by atoms with van der Waals surface area (Å²) in [5.41, 5.74) is 1.38. The molecule has 1 heterocycles. The van der Waals surface area contributed by atoms with Crippen molar-refractivity contribution in [1.82, 2.24) is 0 Å². The van der Waals surface area contributed by atoms with Gasteiger partial charge in [-0.2, -0.15) is 0 Å². The molecular weight excluding hydrogens is 260 g/mol. The van der Waals surface area contributed by atoms with Crippen LogP contribution in [0.1, 0.15) is 37.0 Å². The van der Waals surface area contributed by atoms with Gasteiger partial charge in [0.1, 0.15) is 0 Å². The lowest BCUT2D eigenvalue weighted by molar-refractivity contribution is 0.0959. The summed E-state index contributed by atoms with van der Waals surface area (Å²) in [6.45, 7) is 4.41. The van der Waals surface area contributed by atoms with E-state index in [0.29, 0.717) is 22.4 Å². The number of Topliss-reactive ketones (excluding diaryl/α,β-unsaturated/α-hetero) is 1. The maximum atomic E-state index is 12.4. The molecule has 3 heteroatoms. The Labute approximate surface area is 117 Å². The standard InChI is InChI=1S/C16H17ClO2/c1-9(2)5-11-7-13(11)15(18)12-6-10-3-4-19-16(10)14(17)8-12/h3-4,6,8-9,11,13H,5,7H2,1-2H3/t11-,13-/m0/s1. The fraction of sp³-hybridized carbons (Fsp3) is 0.438. The molecule has 0 saturated heterocycles. The van der Waals surface area contributed by atoms with Crippen molar-refractivity contribution in [2.75, 3.05) is 0 Å². The van der Waals surface area contributed by atoms with Gasteiger partial charge in [0.25, 0.3) is 0 Å². The molecule has 0 amide bonds. The number of carbonyl (C=O) groups is 1. The number of rotatable bonds is 4. The first-order chi connectivity index (χ1) is 9.06. The largest absolute Gasteiger partial charge is 0.463 e. The maximum Gasteiger partial charge on any atom is 0.166 e. The second kappa shape index (κ2) is 4.68. The van der Waals surface area contributed by atoms with Crippen LogP contribution in [0.4, 0.5) is 0 Å². The fourth-order valence-corrected chi connectivity index (χ4v) is 3.10. The molecule has 1 aliphatic carbocycles. The van der Waals surface area contributed by atoms with Gasteiger partial charge in [0.05, 0.1) is 11.3 Å². The van der Waals surface area contributed by atoms with E-state index in [9.17, 15) is 4.79 Å². The molecule has 2 nitrogen and oxygen atoms in total. The van der Waals surface area contributed by atoms with Crippen molar-refractivity contribution >= 4 is 28.4 Å². The number of ketones is 1. The Morgan fingerprint density at radius 1 is 1.47 bits per heavy atom. The van der Waals surface area contributed by atoms with Crippen LogP contribution in [0, 0.1) is 17.8 Å². The highest BCUT2D eigenvalue weighted by Gasteiger charge is 2.43. The average molecular weight is 277 g/mol. The quantitative estimate of drug-likeness (QED) is 0.740. The van der Waals surface area contributed by atoms with Crippen molar-refractivity contribution in [3.8, 4) is 0 Å². The first-order valence-corrected chi connectivity index (χ1v) is 7.15. The van der Waals surface area contributed by atoms with Gasteiger partial charge in [0.2, 0.25) is 0 Å². The van der Waals surface area contributed by atoms with Crippen molar-refractivity contribution in [3.05, 3.63) is 35.0 Å². The van der Waals surface area contributed by atoms with Crippen LogP contribution in [0.25, 0.3) is 11.0 Å². The monoisotopic (exact) mass is 276 g/mol. The van der Waals surface area contributed by atoms with Crippen LogP contribution < -0.4 is 0 Å². The van der Waals surface area contributed by atoms with Crippen LogP contribution in [0.2, 0.25) is 5.02 Å². The van der Waals surface area contributed by atoms with Crippen molar-refractivity contribution in [1.29, 1.82) is 0 Å². The first kappa shape index (κ1) is 12.7. The minimum absolute atomic E-state index is 0.197. The maximum absolute atomic E-state index is 12.4. The van der Waals surface area contributed by atoms with Gasteiger partial charge >= 0.3 is 0 Å². The number of fused-ring (bicyclic) bond motifs is 1. The van der Waals surface area contributed by atoms with E-state index in [0.717, 1.165) is 23.8 Å². The minimum Gasteiger partial charge on any atom is -0.463 e. The fourth-order valence-electron chi connectivity index (χ4n) is 2.83. The molecule has 0 N–H and O–H groups in total. The second-order valence-corrected chi connectivity index (χ2v) is 6.30. The predicted octanol–water partition coefficient (Wildman–Crippen LogP) is 4.95. The van der Waals surface area contributed by atoms with Crippen molar-refractivity contribution in [2.24, 2.45) is 17.8 Å². The average Bonchev–Trinajstić information content (AvgIpc) is 2.91. The summed E-state index contributed by atoms with van der Waals surface area (Å²) in [5.74, 6) is 1.65. The van der Waals surface area contributed by atoms with Crippen LogP contribution in [0.15, 0.2) is 28.9 Å². The molecule has 1 aromatic heterocycles. The van der Waals surface area contributed by atoms with E-state index in [2.05, 4.69) is 13.8 Å². The van der Waals surface area contributed by atoms with E-state index in [4.69, 9.17) is 16.0 Å². The zero-order chi connectivity index (χ0) is 13.6. The van der Waals surface area contributed by atoms with Crippen molar-refractivity contribution in [2.45, 2.75) is 26.7 Å². The van der Waals surface area contributed by atoms with Crippen molar-refractivity contribution < 1.29 is 9.21 Å². The van der Waals surface area contributed by atoms with E-state index in [1.807, 2.05) is 12.1 Å². The molecule has 2 aromatic rings. The Morgan fingerprint density at radius 3 is 3.00 bits per heavy atom. The Balaban J connectivity index is 1.83. The molecule has 100 valence electrons. The summed E-state index contributed by atoms with van der Waals surface area (Å²) >= 11 is 6.15. The Bertz CT molecular complexity index is 627. The third kappa shape index (κ3) is 2.42. The Morgan fingerprint density at radius 2 is 2.26 bits per heavy atom. The third-order valence-electron chi connectivity index (χ3n) is 3.82. The highest BCUT2D eigenvalue weighted by atomic mass is 35.5. The topological polar surface area (TPSA) is 30.2 Å². The van der Waals surface area contributed by atoms with Crippen LogP contribution in [-0.4, -0.2) is 5.78 Å². The molecule has 19 heavy (non-hydrogen) atoms. The van der Waals surface area contributed by atoms with Gasteiger partial charge < -0.3 is 4.42 Å². The molecule has 1 aromatic carbocycles. The SMILES string of the molecule is CC(C)C[C@H]1C[C@@H]1C(=O)c1cc(Cl)c2occc2c1. The molecule has 0 unspecified atom stereocenters. The van der Waals surface area contributed by atoms with Crippen LogP contribution >= 0.6 is 11.6 Å². The highest BCUT2D eigenvalue weighted by Crippen LogP contribution is 2.45. The van der Waals surface area contributed by atoms with E-state index in [1.54, 1.807) is 12.3 Å². The van der Waals surface area contributed by atoms with Gasteiger partial charge in [-0.3, -0.25) is 4.79 Å². The summed E-state index contributed by atoms with van der Waals surface area (Å²) in [6.07, 6.45) is 3.76. The van der Waals surface area contributed by atoms with Crippen LogP contribution in [-0.2, 0) is 0 Å². The number of furan rings is 1. The molecule has 1 fully saturated rings. The summed E-state index contributed by atoms with van der Waals surface area (Å²) < 4.78 is 5.29. The molecule has 1 saturated carbocycles. The highest BCUT2D eigenvalue weighted by molar-refractivity contribution is 6.35. The van der Waals surface area contributed by atoms with E-state index in [-0.39, 0.29) is 11.7 Å². The summed E-state index contributed by atoms with van der Waals surface area (Å²) in [5, 5.41) is 1.42. The van der Waals surface area contributed by atoms with E-state index in [1.165, 1.54) is 0 Å². The molecule has 0 radical (unpaired) electrons. The number of benzene rings is 1. The van der Waals surface area contributed by atoms with Gasteiger partial charge in [-0.05, 0) is 42.9 Å². The van der Waals surface area contributed by atoms with Gasteiger partial charge in [-0.1, -0.05) is 25.4 Å². The van der Waals surface area contributed by atoms with E-state index < -0.39 is 0 Å². The Kier molecular flexibility index (Phi) is 3.14.